The van der Waals surface area contributed by atoms with E-state index in [1.807, 2.05) is 36.4 Å². The molecular formula is C20H13ClN4O4S. The number of halogens is 1. The van der Waals surface area contributed by atoms with Gasteiger partial charge >= 0.3 is 0 Å². The third kappa shape index (κ3) is 3.93. The van der Waals surface area contributed by atoms with E-state index in [2.05, 4.69) is 10.3 Å². The molecule has 2 aromatic carbocycles. The number of thiophene rings is 1. The molecule has 1 amide bonds. The number of amides is 1. The van der Waals surface area contributed by atoms with Crippen LogP contribution < -0.4 is 10.9 Å². The molecule has 2 heterocycles. The molecule has 0 atom stereocenters. The molecule has 0 aliphatic rings. The van der Waals surface area contributed by atoms with Gasteiger partial charge in [-0.25, -0.2) is 4.98 Å². The molecule has 0 aliphatic carbocycles. The summed E-state index contributed by atoms with van der Waals surface area (Å²) in [4.78, 5) is 40.6. The van der Waals surface area contributed by atoms with Crippen molar-refractivity contribution in [3.63, 3.8) is 0 Å². The second-order valence-corrected chi connectivity index (χ2v) is 7.80. The van der Waals surface area contributed by atoms with Crippen molar-refractivity contribution in [2.45, 2.75) is 6.54 Å². The second kappa shape index (κ2) is 8.05. The van der Waals surface area contributed by atoms with E-state index in [9.17, 15) is 19.7 Å². The van der Waals surface area contributed by atoms with Crippen molar-refractivity contribution >= 4 is 50.4 Å². The van der Waals surface area contributed by atoms with Crippen LogP contribution >= 0.6 is 22.9 Å². The summed E-state index contributed by atoms with van der Waals surface area (Å²) in [5.74, 6) is -0.506. The van der Waals surface area contributed by atoms with Gasteiger partial charge in [0, 0.05) is 17.0 Å². The van der Waals surface area contributed by atoms with Crippen LogP contribution in [0.25, 0.3) is 20.7 Å². The Morgan fingerprint density at radius 1 is 1.20 bits per heavy atom. The Hall–Kier alpha value is -3.56. The average molecular weight is 441 g/mol. The lowest BCUT2D eigenvalue weighted by Gasteiger charge is -2.08. The minimum absolute atomic E-state index is 0.0317. The van der Waals surface area contributed by atoms with Crippen LogP contribution in [0.5, 0.6) is 0 Å². The normalized spacial score (nSPS) is 10.8. The highest BCUT2D eigenvalue weighted by molar-refractivity contribution is 7.22. The van der Waals surface area contributed by atoms with Crippen molar-refractivity contribution in [1.82, 2.24) is 9.55 Å². The van der Waals surface area contributed by atoms with E-state index >= 15 is 0 Å². The van der Waals surface area contributed by atoms with E-state index in [1.165, 1.54) is 34.4 Å². The van der Waals surface area contributed by atoms with Gasteiger partial charge in [-0.1, -0.05) is 41.9 Å². The van der Waals surface area contributed by atoms with Gasteiger partial charge in [0.15, 0.2) is 0 Å². The lowest BCUT2D eigenvalue weighted by atomic mass is 10.2. The summed E-state index contributed by atoms with van der Waals surface area (Å²) in [6.07, 6.45) is 1.32. The van der Waals surface area contributed by atoms with E-state index in [1.54, 1.807) is 0 Å². The van der Waals surface area contributed by atoms with E-state index in [0.29, 0.717) is 10.2 Å². The smallest absolute Gasteiger partial charge is 0.271 e. The second-order valence-electron chi connectivity index (χ2n) is 6.34. The minimum atomic E-state index is -0.581. The number of nitrogens with one attached hydrogen (secondary N) is 1. The van der Waals surface area contributed by atoms with Crippen LogP contribution in [0.4, 0.5) is 11.4 Å². The van der Waals surface area contributed by atoms with Crippen LogP contribution in [-0.2, 0) is 11.3 Å². The number of non-ortho nitro benzene ring substituents is 1. The highest BCUT2D eigenvalue weighted by atomic mass is 35.5. The number of fused-ring (bicyclic) bond motifs is 1. The molecule has 0 saturated carbocycles. The van der Waals surface area contributed by atoms with Crippen molar-refractivity contribution in [3.05, 3.63) is 86.4 Å². The number of aromatic nitrogens is 2. The lowest BCUT2D eigenvalue weighted by Crippen LogP contribution is -2.27. The van der Waals surface area contributed by atoms with Gasteiger partial charge in [0.2, 0.25) is 5.91 Å². The molecule has 0 spiro atoms. The quantitative estimate of drug-likeness (QED) is 0.367. The van der Waals surface area contributed by atoms with Crippen molar-refractivity contribution in [2.24, 2.45) is 0 Å². The van der Waals surface area contributed by atoms with Crippen LogP contribution in [-0.4, -0.2) is 20.4 Å². The number of hydrogen-bond donors (Lipinski definition) is 1. The van der Waals surface area contributed by atoms with Crippen molar-refractivity contribution in [2.75, 3.05) is 5.32 Å². The maximum absolute atomic E-state index is 12.8. The highest BCUT2D eigenvalue weighted by Crippen LogP contribution is 2.30. The Morgan fingerprint density at radius 3 is 2.67 bits per heavy atom. The fourth-order valence-electron chi connectivity index (χ4n) is 2.87. The average Bonchev–Trinajstić information content (AvgIpc) is 3.17. The molecule has 10 heteroatoms. The molecule has 0 bridgehead atoms. The van der Waals surface area contributed by atoms with Crippen LogP contribution in [0, 0.1) is 10.1 Å². The van der Waals surface area contributed by atoms with Crippen LogP contribution in [0.2, 0.25) is 5.02 Å². The Kier molecular flexibility index (Phi) is 5.30. The number of carbonyl (C=O) groups is 1. The molecule has 0 fully saturated rings. The van der Waals surface area contributed by atoms with Gasteiger partial charge in [-0.15, -0.1) is 11.3 Å². The third-order valence-electron chi connectivity index (χ3n) is 4.31. The SMILES string of the molecule is O=C(Cn1cnc2cc(-c3ccccc3)sc2c1=O)Nc1ccc([N+](=O)[O-])cc1Cl. The van der Waals surface area contributed by atoms with Gasteiger partial charge in [-0.2, -0.15) is 0 Å². The number of anilines is 1. The predicted molar refractivity (Wildman–Crippen MR) is 116 cm³/mol. The summed E-state index contributed by atoms with van der Waals surface area (Å²) < 4.78 is 1.67. The first-order valence-electron chi connectivity index (χ1n) is 8.70. The zero-order valence-electron chi connectivity index (χ0n) is 15.2. The van der Waals surface area contributed by atoms with Crippen molar-refractivity contribution < 1.29 is 9.72 Å². The first kappa shape index (κ1) is 19.7. The topological polar surface area (TPSA) is 107 Å². The van der Waals surface area contributed by atoms with Crippen LogP contribution in [0.3, 0.4) is 0 Å². The summed E-state index contributed by atoms with van der Waals surface area (Å²) in [5.41, 5.74) is 1.26. The number of hydrogen-bond acceptors (Lipinski definition) is 6. The van der Waals surface area contributed by atoms with Gasteiger partial charge in [-0.3, -0.25) is 24.3 Å². The van der Waals surface area contributed by atoms with Crippen molar-refractivity contribution in [1.29, 1.82) is 0 Å². The summed E-state index contributed by atoms with van der Waals surface area (Å²) >= 11 is 7.31. The molecule has 8 nitrogen and oxygen atoms in total. The fraction of sp³-hybridized carbons (Fsp3) is 0.0500. The van der Waals surface area contributed by atoms with Crippen LogP contribution in [0.1, 0.15) is 0 Å². The summed E-state index contributed by atoms with van der Waals surface area (Å²) in [6, 6.07) is 15.2. The molecule has 150 valence electrons. The molecular weight excluding hydrogens is 428 g/mol. The number of rotatable bonds is 5. The number of nitrogens with zero attached hydrogens (tertiary/aromatic N) is 3. The maximum Gasteiger partial charge on any atom is 0.271 e. The van der Waals surface area contributed by atoms with Gasteiger partial charge < -0.3 is 5.32 Å². The monoisotopic (exact) mass is 440 g/mol. The zero-order chi connectivity index (χ0) is 21.3. The summed E-state index contributed by atoms with van der Waals surface area (Å²) in [5, 5.41) is 13.4. The number of nitro groups is 1. The van der Waals surface area contributed by atoms with Gasteiger partial charge in [-0.05, 0) is 17.7 Å². The van der Waals surface area contributed by atoms with Gasteiger partial charge in [0.25, 0.3) is 11.2 Å². The number of carbonyl (C=O) groups excluding carboxylic acids is 1. The molecule has 1 N–H and O–H groups in total. The van der Waals surface area contributed by atoms with E-state index in [4.69, 9.17) is 11.6 Å². The van der Waals surface area contributed by atoms with Crippen molar-refractivity contribution in [3.8, 4) is 10.4 Å². The summed E-state index contributed by atoms with van der Waals surface area (Å²) in [6.45, 7) is -0.270. The molecule has 30 heavy (non-hydrogen) atoms. The lowest BCUT2D eigenvalue weighted by molar-refractivity contribution is -0.384. The number of benzene rings is 2. The standard InChI is InChI=1S/C20H13ClN4O4S/c21-14-8-13(25(28)29)6-7-15(14)23-18(26)10-24-11-22-16-9-17(30-19(16)20(24)27)12-4-2-1-3-5-12/h1-9,11H,10H2,(H,23,26). The van der Waals surface area contributed by atoms with E-state index < -0.39 is 10.8 Å². The molecule has 0 unspecified atom stereocenters. The zero-order valence-corrected chi connectivity index (χ0v) is 16.8. The Balaban J connectivity index is 1.56. The molecule has 0 aliphatic heterocycles. The Morgan fingerprint density at radius 2 is 1.97 bits per heavy atom. The Bertz CT molecular complexity index is 1330. The molecule has 0 saturated heterocycles. The van der Waals surface area contributed by atoms with Gasteiger partial charge in [0.1, 0.15) is 11.2 Å². The molecule has 4 aromatic rings. The highest BCUT2D eigenvalue weighted by Gasteiger charge is 2.14. The third-order valence-corrected chi connectivity index (χ3v) is 5.79. The number of nitro benzene ring substituents is 1. The molecule has 2 aromatic heterocycles. The van der Waals surface area contributed by atoms with E-state index in [0.717, 1.165) is 16.5 Å². The predicted octanol–water partition coefficient (Wildman–Crippen LogP) is 4.33. The first-order valence-corrected chi connectivity index (χ1v) is 9.90. The van der Waals surface area contributed by atoms with Crippen LogP contribution in [0.15, 0.2) is 65.7 Å². The molecule has 4 rings (SSSR count). The largest absolute Gasteiger partial charge is 0.323 e. The maximum atomic E-state index is 12.8. The molecule has 0 radical (unpaired) electrons. The minimum Gasteiger partial charge on any atom is -0.323 e. The van der Waals surface area contributed by atoms with Gasteiger partial charge in [0.05, 0.1) is 27.5 Å². The fourth-order valence-corrected chi connectivity index (χ4v) is 4.15. The van der Waals surface area contributed by atoms with E-state index in [-0.39, 0.29) is 28.5 Å². The first-order chi connectivity index (χ1) is 14.4. The Labute approximate surface area is 178 Å². The summed E-state index contributed by atoms with van der Waals surface area (Å²) in [7, 11) is 0.